The van der Waals surface area contributed by atoms with Gasteiger partial charge in [-0.15, -0.1) is 0 Å². The SMILES string of the molecule is c1ccc(-c2ccccc2-c2ccccc2-c2ccccc2N(c2ccc3c(ccc4cc5oc6ccccc6c5cc43)c2)c2cccc3oc4ccccc4c23)cc1. The van der Waals surface area contributed by atoms with E-state index in [9.17, 15) is 0 Å². The molecule has 0 saturated carbocycles. The molecule has 0 saturated heterocycles. The van der Waals surface area contributed by atoms with Crippen LogP contribution in [0.4, 0.5) is 17.1 Å². The van der Waals surface area contributed by atoms with Gasteiger partial charge in [-0.1, -0.05) is 158 Å². The van der Waals surface area contributed by atoms with E-state index >= 15 is 0 Å². The molecule has 0 aliphatic rings. The maximum Gasteiger partial charge on any atom is 0.137 e. The lowest BCUT2D eigenvalue weighted by atomic mass is 9.88. The molecule has 0 atom stereocenters. The summed E-state index contributed by atoms with van der Waals surface area (Å²) < 4.78 is 12.8. The molecule has 0 aliphatic carbocycles. The van der Waals surface area contributed by atoms with Crippen LogP contribution in [0.25, 0.3) is 98.8 Å². The Kier molecular flexibility index (Phi) is 7.54. The van der Waals surface area contributed by atoms with E-state index in [1.54, 1.807) is 0 Å². The van der Waals surface area contributed by atoms with Crippen molar-refractivity contribution >= 4 is 82.5 Å². The van der Waals surface area contributed by atoms with Crippen molar-refractivity contribution in [2.24, 2.45) is 0 Å². The van der Waals surface area contributed by atoms with Crippen molar-refractivity contribution in [1.82, 2.24) is 0 Å². The highest BCUT2D eigenvalue weighted by atomic mass is 16.3. The molecular formula is C56H35NO2. The van der Waals surface area contributed by atoms with Crippen molar-refractivity contribution in [3.05, 3.63) is 212 Å². The number of para-hydroxylation sites is 3. The molecular weight excluding hydrogens is 719 g/mol. The van der Waals surface area contributed by atoms with E-state index in [0.29, 0.717) is 0 Å². The van der Waals surface area contributed by atoms with Crippen LogP contribution in [0.3, 0.4) is 0 Å². The smallest absolute Gasteiger partial charge is 0.137 e. The van der Waals surface area contributed by atoms with Gasteiger partial charge in [-0.3, -0.25) is 0 Å². The summed E-state index contributed by atoms with van der Waals surface area (Å²) >= 11 is 0. The summed E-state index contributed by atoms with van der Waals surface area (Å²) in [4.78, 5) is 2.43. The summed E-state index contributed by atoms with van der Waals surface area (Å²) in [6.45, 7) is 0. The first-order valence-electron chi connectivity index (χ1n) is 20.1. The molecule has 0 bridgehead atoms. The van der Waals surface area contributed by atoms with E-state index in [-0.39, 0.29) is 0 Å². The van der Waals surface area contributed by atoms with Crippen LogP contribution in [0.1, 0.15) is 0 Å². The summed E-state index contributed by atoms with van der Waals surface area (Å²) in [6, 6.07) is 75.9. The van der Waals surface area contributed by atoms with Gasteiger partial charge in [0, 0.05) is 27.4 Å². The van der Waals surface area contributed by atoms with Gasteiger partial charge < -0.3 is 13.7 Å². The first-order chi connectivity index (χ1) is 29.3. The van der Waals surface area contributed by atoms with Crippen LogP contribution in [-0.2, 0) is 0 Å². The van der Waals surface area contributed by atoms with Crippen molar-refractivity contribution < 1.29 is 8.83 Å². The second-order valence-electron chi connectivity index (χ2n) is 15.2. The average Bonchev–Trinajstić information content (AvgIpc) is 3.87. The molecule has 3 heteroatoms. The van der Waals surface area contributed by atoms with Gasteiger partial charge in [-0.05, 0) is 104 Å². The number of fused-ring (bicyclic) bond motifs is 9. The highest BCUT2D eigenvalue weighted by Crippen LogP contribution is 2.49. The van der Waals surface area contributed by atoms with Crippen LogP contribution in [0.5, 0.6) is 0 Å². The van der Waals surface area contributed by atoms with Crippen molar-refractivity contribution in [3.63, 3.8) is 0 Å². The van der Waals surface area contributed by atoms with Crippen LogP contribution in [0, 0.1) is 0 Å². The van der Waals surface area contributed by atoms with E-state index in [2.05, 4.69) is 199 Å². The Morgan fingerprint density at radius 1 is 0.288 bits per heavy atom. The third-order valence-electron chi connectivity index (χ3n) is 11.9. The lowest BCUT2D eigenvalue weighted by Gasteiger charge is -2.29. The lowest BCUT2D eigenvalue weighted by molar-refractivity contribution is 0.669. The zero-order valence-electron chi connectivity index (χ0n) is 32.0. The zero-order valence-corrected chi connectivity index (χ0v) is 32.0. The molecule has 2 heterocycles. The maximum absolute atomic E-state index is 6.51. The Morgan fingerprint density at radius 2 is 0.847 bits per heavy atom. The Hall–Kier alpha value is -7.88. The first-order valence-corrected chi connectivity index (χ1v) is 20.1. The topological polar surface area (TPSA) is 29.5 Å². The number of furan rings is 2. The van der Waals surface area contributed by atoms with Crippen molar-refractivity contribution in [2.45, 2.75) is 0 Å². The normalized spacial score (nSPS) is 11.7. The molecule has 0 spiro atoms. The number of nitrogens with zero attached hydrogens (tertiary/aromatic N) is 1. The number of hydrogen-bond acceptors (Lipinski definition) is 3. The van der Waals surface area contributed by atoms with Gasteiger partial charge in [-0.2, -0.15) is 0 Å². The summed E-state index contributed by atoms with van der Waals surface area (Å²) in [7, 11) is 0. The molecule has 12 aromatic rings. The molecule has 0 amide bonds. The predicted molar refractivity (Wildman–Crippen MR) is 247 cm³/mol. The molecule has 0 radical (unpaired) electrons. The number of anilines is 3. The summed E-state index contributed by atoms with van der Waals surface area (Å²) in [5.74, 6) is 0. The number of benzene rings is 10. The van der Waals surface area contributed by atoms with E-state index < -0.39 is 0 Å². The molecule has 59 heavy (non-hydrogen) atoms. The van der Waals surface area contributed by atoms with Gasteiger partial charge >= 0.3 is 0 Å². The van der Waals surface area contributed by atoms with Crippen LogP contribution < -0.4 is 4.90 Å². The highest BCUT2D eigenvalue weighted by Gasteiger charge is 2.24. The van der Waals surface area contributed by atoms with Crippen molar-refractivity contribution in [1.29, 1.82) is 0 Å². The quantitative estimate of drug-likeness (QED) is 0.158. The van der Waals surface area contributed by atoms with E-state index in [1.165, 1.54) is 33.0 Å². The fourth-order valence-corrected chi connectivity index (χ4v) is 9.20. The van der Waals surface area contributed by atoms with E-state index in [4.69, 9.17) is 8.83 Å². The fourth-order valence-electron chi connectivity index (χ4n) is 9.20. The lowest BCUT2D eigenvalue weighted by Crippen LogP contribution is -2.12. The molecule has 0 unspecified atom stereocenters. The minimum atomic E-state index is 0.853. The van der Waals surface area contributed by atoms with Gasteiger partial charge in [-0.25, -0.2) is 0 Å². The molecule has 12 rings (SSSR count). The standard InChI is InChI=1S/C56H35NO2/c1-2-15-36(16-3-1)40-17-4-5-18-42(40)43-19-6-7-20-44(43)45-21-8-11-24-50(45)57(51-25-14-28-54-56(51)47-23-10-13-27-53(47)58-54)39-31-32-41-37(33-39)29-30-38-34-55-49(35-48(38)41)46-22-9-12-26-52(46)59-55/h1-35H. The molecule has 276 valence electrons. The van der Waals surface area contributed by atoms with Gasteiger partial charge in [0.05, 0.1) is 16.8 Å². The third-order valence-corrected chi connectivity index (χ3v) is 11.9. The third kappa shape index (κ3) is 5.36. The van der Waals surface area contributed by atoms with E-state index in [0.717, 1.165) is 82.8 Å². The summed E-state index contributed by atoms with van der Waals surface area (Å²) in [5, 5.41) is 9.14. The Balaban J connectivity index is 1.11. The van der Waals surface area contributed by atoms with Crippen LogP contribution in [-0.4, -0.2) is 0 Å². The predicted octanol–water partition coefficient (Wildman–Crippen LogP) is 16.3. The van der Waals surface area contributed by atoms with E-state index in [1.807, 2.05) is 18.2 Å². The Morgan fingerprint density at radius 3 is 1.64 bits per heavy atom. The van der Waals surface area contributed by atoms with Crippen molar-refractivity contribution in [3.8, 4) is 33.4 Å². The Labute approximate surface area is 340 Å². The van der Waals surface area contributed by atoms with Gasteiger partial charge in [0.25, 0.3) is 0 Å². The molecule has 0 fully saturated rings. The van der Waals surface area contributed by atoms with Crippen molar-refractivity contribution in [2.75, 3.05) is 4.90 Å². The maximum atomic E-state index is 6.51. The van der Waals surface area contributed by atoms with Crippen LogP contribution >= 0.6 is 0 Å². The average molecular weight is 754 g/mol. The molecule has 10 aromatic carbocycles. The highest BCUT2D eigenvalue weighted by molar-refractivity contribution is 6.18. The van der Waals surface area contributed by atoms with Gasteiger partial charge in [0.15, 0.2) is 0 Å². The molecule has 2 aromatic heterocycles. The summed E-state index contributed by atoms with van der Waals surface area (Å²) in [6.07, 6.45) is 0. The van der Waals surface area contributed by atoms with Gasteiger partial charge in [0.2, 0.25) is 0 Å². The van der Waals surface area contributed by atoms with Crippen LogP contribution in [0.15, 0.2) is 221 Å². The minimum absolute atomic E-state index is 0.853. The second-order valence-corrected chi connectivity index (χ2v) is 15.2. The second kappa shape index (κ2) is 13.4. The van der Waals surface area contributed by atoms with Crippen LogP contribution in [0.2, 0.25) is 0 Å². The molecule has 0 aliphatic heterocycles. The monoisotopic (exact) mass is 753 g/mol. The summed E-state index contributed by atoms with van der Waals surface area (Å²) in [5.41, 5.74) is 13.8. The first kappa shape index (κ1) is 33.3. The molecule has 3 nitrogen and oxygen atoms in total. The largest absolute Gasteiger partial charge is 0.456 e. The number of rotatable bonds is 6. The zero-order chi connectivity index (χ0) is 38.9. The van der Waals surface area contributed by atoms with Gasteiger partial charge in [0.1, 0.15) is 22.3 Å². The number of hydrogen-bond donors (Lipinski definition) is 0. The minimum Gasteiger partial charge on any atom is -0.456 e. The Bertz CT molecular complexity index is 3580. The molecule has 0 N–H and O–H groups in total. The fraction of sp³-hybridized carbons (Fsp3) is 0.